The summed E-state index contributed by atoms with van der Waals surface area (Å²) in [4.78, 5) is 14.5. The molecule has 3 rings (SSSR count). The van der Waals surface area contributed by atoms with Gasteiger partial charge in [0.15, 0.2) is 0 Å². The minimum atomic E-state index is -0.0701. The van der Waals surface area contributed by atoms with Crippen molar-refractivity contribution < 1.29 is 4.79 Å². The van der Waals surface area contributed by atoms with Crippen LogP contribution in [0.2, 0.25) is 0 Å². The molecule has 0 bridgehead atoms. The molecule has 22 heavy (non-hydrogen) atoms. The number of benzene rings is 1. The van der Waals surface area contributed by atoms with Gasteiger partial charge < -0.3 is 10.2 Å². The van der Waals surface area contributed by atoms with Crippen LogP contribution in [0.1, 0.15) is 51.0 Å². The Labute approximate surface area is 134 Å². The van der Waals surface area contributed by atoms with Gasteiger partial charge in [0.25, 0.3) is 0 Å². The van der Waals surface area contributed by atoms with Gasteiger partial charge in [0.1, 0.15) is 0 Å². The van der Waals surface area contributed by atoms with Crippen molar-refractivity contribution in [2.24, 2.45) is 0 Å². The fourth-order valence-electron chi connectivity index (χ4n) is 4.06. The SMILES string of the molecule is CC(NCC1(c2ccccc2)CCCC1)C(=O)N1CCCC1. The third-order valence-electron chi connectivity index (χ3n) is 5.48. The number of amides is 1. The van der Waals surface area contributed by atoms with Crippen molar-refractivity contribution in [1.82, 2.24) is 10.2 Å². The number of hydrogen-bond donors (Lipinski definition) is 1. The molecule has 1 amide bonds. The van der Waals surface area contributed by atoms with E-state index in [9.17, 15) is 4.79 Å². The minimum Gasteiger partial charge on any atom is -0.341 e. The van der Waals surface area contributed by atoms with E-state index in [2.05, 4.69) is 35.6 Å². The molecule has 0 spiro atoms. The van der Waals surface area contributed by atoms with Crippen LogP contribution >= 0.6 is 0 Å². The summed E-state index contributed by atoms with van der Waals surface area (Å²) in [5.41, 5.74) is 1.65. The highest BCUT2D eigenvalue weighted by atomic mass is 16.2. The maximum Gasteiger partial charge on any atom is 0.239 e. The zero-order chi connectivity index (χ0) is 15.4. The standard InChI is InChI=1S/C19H28N2O/c1-16(18(22)21-13-7-8-14-21)20-15-19(11-5-6-12-19)17-9-3-2-4-10-17/h2-4,9-10,16,20H,5-8,11-15H2,1H3. The Kier molecular flexibility index (Phi) is 4.82. The van der Waals surface area contributed by atoms with Gasteiger partial charge in [0.05, 0.1) is 6.04 Å². The molecule has 1 aliphatic heterocycles. The van der Waals surface area contributed by atoms with Crippen LogP contribution in [0.15, 0.2) is 30.3 Å². The number of carbonyl (C=O) groups is 1. The van der Waals surface area contributed by atoms with Gasteiger partial charge in [0.2, 0.25) is 5.91 Å². The fraction of sp³-hybridized carbons (Fsp3) is 0.632. The van der Waals surface area contributed by atoms with E-state index in [1.165, 1.54) is 31.2 Å². The van der Waals surface area contributed by atoms with Crippen molar-refractivity contribution in [2.45, 2.75) is 56.9 Å². The molecule has 1 saturated carbocycles. The molecule has 1 aromatic rings. The zero-order valence-corrected chi connectivity index (χ0v) is 13.7. The van der Waals surface area contributed by atoms with Gasteiger partial charge in [-0.3, -0.25) is 4.79 Å². The second-order valence-corrected chi connectivity index (χ2v) is 6.99. The van der Waals surface area contributed by atoms with Gasteiger partial charge in [-0.2, -0.15) is 0 Å². The van der Waals surface area contributed by atoms with Gasteiger partial charge in [-0.05, 0) is 38.2 Å². The van der Waals surface area contributed by atoms with E-state index < -0.39 is 0 Å². The first-order valence-corrected chi connectivity index (χ1v) is 8.79. The maximum atomic E-state index is 12.5. The molecule has 1 unspecified atom stereocenters. The van der Waals surface area contributed by atoms with Crippen molar-refractivity contribution in [2.75, 3.05) is 19.6 Å². The molecule has 1 aromatic carbocycles. The van der Waals surface area contributed by atoms with Crippen LogP contribution in [0.4, 0.5) is 0 Å². The molecule has 0 radical (unpaired) electrons. The van der Waals surface area contributed by atoms with Crippen LogP contribution in [0.5, 0.6) is 0 Å². The highest BCUT2D eigenvalue weighted by Gasteiger charge is 2.36. The summed E-state index contributed by atoms with van der Waals surface area (Å²) in [6.45, 7) is 4.81. The van der Waals surface area contributed by atoms with Crippen LogP contribution in [0, 0.1) is 0 Å². The van der Waals surface area contributed by atoms with Crippen LogP contribution in [0.3, 0.4) is 0 Å². The summed E-state index contributed by atoms with van der Waals surface area (Å²) >= 11 is 0. The van der Waals surface area contributed by atoms with Crippen molar-refractivity contribution in [1.29, 1.82) is 0 Å². The molecule has 1 saturated heterocycles. The lowest BCUT2D eigenvalue weighted by atomic mass is 9.78. The Balaban J connectivity index is 1.63. The number of carbonyl (C=O) groups excluding carboxylic acids is 1. The van der Waals surface area contributed by atoms with E-state index in [0.717, 1.165) is 32.5 Å². The molecule has 2 aliphatic rings. The maximum absolute atomic E-state index is 12.5. The lowest BCUT2D eigenvalue weighted by Gasteiger charge is -2.32. The number of hydrogen-bond acceptors (Lipinski definition) is 2. The zero-order valence-electron chi connectivity index (χ0n) is 13.7. The highest BCUT2D eigenvalue weighted by Crippen LogP contribution is 2.40. The van der Waals surface area contributed by atoms with E-state index in [-0.39, 0.29) is 17.4 Å². The Morgan fingerprint density at radius 3 is 2.41 bits per heavy atom. The number of nitrogens with one attached hydrogen (secondary N) is 1. The van der Waals surface area contributed by atoms with E-state index >= 15 is 0 Å². The Morgan fingerprint density at radius 1 is 1.14 bits per heavy atom. The summed E-state index contributed by atoms with van der Waals surface area (Å²) < 4.78 is 0. The Morgan fingerprint density at radius 2 is 1.77 bits per heavy atom. The van der Waals surface area contributed by atoms with Crippen LogP contribution in [-0.4, -0.2) is 36.5 Å². The first-order valence-electron chi connectivity index (χ1n) is 8.79. The van der Waals surface area contributed by atoms with E-state index in [0.29, 0.717) is 0 Å². The average molecular weight is 300 g/mol. The minimum absolute atomic E-state index is 0.0701. The first kappa shape index (κ1) is 15.5. The molecule has 3 heteroatoms. The topological polar surface area (TPSA) is 32.3 Å². The molecule has 120 valence electrons. The smallest absolute Gasteiger partial charge is 0.239 e. The van der Waals surface area contributed by atoms with E-state index in [1.807, 2.05) is 11.8 Å². The molecule has 0 aromatic heterocycles. The van der Waals surface area contributed by atoms with Crippen molar-refractivity contribution in [3.05, 3.63) is 35.9 Å². The molecule has 3 nitrogen and oxygen atoms in total. The van der Waals surface area contributed by atoms with Crippen LogP contribution in [0.25, 0.3) is 0 Å². The predicted molar refractivity (Wildman–Crippen MR) is 89.9 cm³/mol. The van der Waals surface area contributed by atoms with Crippen molar-refractivity contribution >= 4 is 5.91 Å². The van der Waals surface area contributed by atoms with E-state index in [4.69, 9.17) is 0 Å². The lowest BCUT2D eigenvalue weighted by molar-refractivity contribution is -0.132. The van der Waals surface area contributed by atoms with Gasteiger partial charge in [0, 0.05) is 25.0 Å². The number of nitrogens with zero attached hydrogens (tertiary/aromatic N) is 1. The second kappa shape index (κ2) is 6.82. The van der Waals surface area contributed by atoms with Gasteiger partial charge in [-0.15, -0.1) is 0 Å². The average Bonchev–Trinajstić information content (AvgIpc) is 3.25. The summed E-state index contributed by atoms with van der Waals surface area (Å²) in [5, 5.41) is 3.55. The first-order chi connectivity index (χ1) is 10.7. The molecule has 1 atom stereocenters. The monoisotopic (exact) mass is 300 g/mol. The number of rotatable bonds is 5. The van der Waals surface area contributed by atoms with Gasteiger partial charge in [-0.25, -0.2) is 0 Å². The van der Waals surface area contributed by atoms with Crippen molar-refractivity contribution in [3.8, 4) is 0 Å². The summed E-state index contributed by atoms with van der Waals surface area (Å²) in [5.74, 6) is 0.277. The molecule has 2 fully saturated rings. The summed E-state index contributed by atoms with van der Waals surface area (Å²) in [7, 11) is 0. The third kappa shape index (κ3) is 3.19. The van der Waals surface area contributed by atoms with Crippen molar-refractivity contribution in [3.63, 3.8) is 0 Å². The summed E-state index contributed by atoms with van der Waals surface area (Å²) in [6.07, 6.45) is 7.37. The fourth-order valence-corrected chi connectivity index (χ4v) is 4.06. The Bertz CT molecular complexity index is 487. The predicted octanol–water partition coefficient (Wildman–Crippen LogP) is 3.10. The normalized spacial score (nSPS) is 22.0. The van der Waals surface area contributed by atoms with E-state index in [1.54, 1.807) is 0 Å². The molecule has 1 aliphatic carbocycles. The van der Waals surface area contributed by atoms with Crippen LogP contribution < -0.4 is 5.32 Å². The third-order valence-corrected chi connectivity index (χ3v) is 5.48. The molecule has 1 heterocycles. The van der Waals surface area contributed by atoms with Gasteiger partial charge >= 0.3 is 0 Å². The molecule has 1 N–H and O–H groups in total. The lowest BCUT2D eigenvalue weighted by Crippen LogP contribution is -2.48. The largest absolute Gasteiger partial charge is 0.341 e. The second-order valence-electron chi connectivity index (χ2n) is 6.99. The van der Waals surface area contributed by atoms with Crippen LogP contribution in [-0.2, 0) is 10.2 Å². The highest BCUT2D eigenvalue weighted by molar-refractivity contribution is 5.81. The quantitative estimate of drug-likeness (QED) is 0.906. The Hall–Kier alpha value is -1.35. The molecular weight excluding hydrogens is 272 g/mol. The number of likely N-dealkylation sites (tertiary alicyclic amines) is 1. The summed E-state index contributed by atoms with van der Waals surface area (Å²) in [6, 6.07) is 10.8. The molecular formula is C19H28N2O. The van der Waals surface area contributed by atoms with Gasteiger partial charge in [-0.1, -0.05) is 43.2 Å².